The monoisotopic (exact) mass is 369 g/mol. The van der Waals surface area contributed by atoms with E-state index in [1.54, 1.807) is 15.8 Å². The molecule has 142 valence electrons. The Morgan fingerprint density at radius 2 is 2.07 bits per heavy atom. The predicted octanol–water partition coefficient (Wildman–Crippen LogP) is 1.38. The summed E-state index contributed by atoms with van der Waals surface area (Å²) in [5, 5.41) is 6.68. The van der Waals surface area contributed by atoms with Gasteiger partial charge in [-0.25, -0.2) is 9.67 Å². The summed E-state index contributed by atoms with van der Waals surface area (Å²) in [5.74, 6) is 0.0250. The molecule has 0 saturated carbocycles. The van der Waals surface area contributed by atoms with Crippen molar-refractivity contribution in [3.63, 3.8) is 0 Å². The Kier molecular flexibility index (Phi) is 4.29. The van der Waals surface area contributed by atoms with Crippen LogP contribution < -0.4 is 5.32 Å². The van der Waals surface area contributed by atoms with Crippen LogP contribution in [0.1, 0.15) is 45.0 Å². The molecule has 2 aromatic rings. The summed E-state index contributed by atoms with van der Waals surface area (Å²) in [6.45, 7) is 3.86. The molecule has 2 bridgehead atoms. The van der Waals surface area contributed by atoms with Crippen LogP contribution in [0.5, 0.6) is 0 Å². The van der Waals surface area contributed by atoms with Gasteiger partial charge in [0.15, 0.2) is 0 Å². The van der Waals surface area contributed by atoms with Crippen molar-refractivity contribution in [3.8, 4) is 0 Å². The number of anilines is 1. The molecule has 0 spiro atoms. The second kappa shape index (κ2) is 6.64. The van der Waals surface area contributed by atoms with E-state index in [-0.39, 0.29) is 24.1 Å². The minimum atomic E-state index is -0.671. The molecular formula is C18H23N7O2. The summed E-state index contributed by atoms with van der Waals surface area (Å²) in [6, 6.07) is -0.0167. The number of amides is 2. The molecule has 9 nitrogen and oxygen atoms in total. The minimum Gasteiger partial charge on any atom is -0.334 e. The third kappa shape index (κ3) is 3.02. The van der Waals surface area contributed by atoms with Gasteiger partial charge in [-0.1, -0.05) is 6.08 Å². The van der Waals surface area contributed by atoms with Crippen molar-refractivity contribution in [2.24, 2.45) is 7.05 Å². The molecule has 2 aliphatic rings. The zero-order valence-corrected chi connectivity index (χ0v) is 15.7. The number of carbonyl (C=O) groups is 2. The number of nitrogens with zero attached hydrogens (tertiary/aromatic N) is 6. The van der Waals surface area contributed by atoms with E-state index < -0.39 is 11.8 Å². The van der Waals surface area contributed by atoms with Crippen molar-refractivity contribution < 1.29 is 9.59 Å². The van der Waals surface area contributed by atoms with Gasteiger partial charge >= 0.3 is 11.8 Å². The number of aryl methyl sites for hydroxylation is 1. The van der Waals surface area contributed by atoms with Crippen LogP contribution in [-0.2, 0) is 16.6 Å². The lowest BCUT2D eigenvalue weighted by atomic mass is 10.0. The summed E-state index contributed by atoms with van der Waals surface area (Å²) >= 11 is 0. The highest BCUT2D eigenvalue weighted by Crippen LogP contribution is 2.38. The van der Waals surface area contributed by atoms with Gasteiger partial charge in [-0.15, -0.1) is 0 Å². The fourth-order valence-corrected chi connectivity index (χ4v) is 3.98. The fourth-order valence-electron chi connectivity index (χ4n) is 3.98. The Morgan fingerprint density at radius 3 is 2.74 bits per heavy atom. The fraction of sp³-hybridized carbons (Fsp3) is 0.500. The molecule has 1 saturated heterocycles. The van der Waals surface area contributed by atoms with Crippen molar-refractivity contribution in [2.45, 2.75) is 51.2 Å². The first-order valence-electron chi connectivity index (χ1n) is 9.17. The Balaban J connectivity index is 1.51. The van der Waals surface area contributed by atoms with Gasteiger partial charge in [0.1, 0.15) is 12.2 Å². The molecule has 27 heavy (non-hydrogen) atoms. The molecule has 0 aromatic carbocycles. The van der Waals surface area contributed by atoms with Gasteiger partial charge < -0.3 is 9.47 Å². The zero-order chi connectivity index (χ0) is 19.1. The molecule has 4 heterocycles. The van der Waals surface area contributed by atoms with Crippen molar-refractivity contribution >= 4 is 23.3 Å². The molecule has 2 aliphatic heterocycles. The van der Waals surface area contributed by atoms with Gasteiger partial charge in [-0.05, 0) is 38.7 Å². The zero-order valence-electron chi connectivity index (χ0n) is 15.7. The minimum absolute atomic E-state index is 0.0212. The van der Waals surface area contributed by atoms with E-state index in [0.29, 0.717) is 6.42 Å². The van der Waals surface area contributed by atoms with Crippen LogP contribution in [0.2, 0.25) is 0 Å². The van der Waals surface area contributed by atoms with Crippen LogP contribution in [0, 0.1) is 0 Å². The molecular weight excluding hydrogens is 346 g/mol. The SMILES string of the molecule is CC(C)n1ncnc1NC(=O)C(=O)N1C2C=C(c3nccn3C)CC1CC2. The van der Waals surface area contributed by atoms with E-state index in [1.165, 1.54) is 6.33 Å². The number of hydrogen-bond donors (Lipinski definition) is 1. The van der Waals surface area contributed by atoms with Crippen molar-refractivity contribution in [1.82, 2.24) is 29.2 Å². The summed E-state index contributed by atoms with van der Waals surface area (Å²) in [4.78, 5) is 35.5. The Bertz CT molecular complexity index is 910. The van der Waals surface area contributed by atoms with Crippen molar-refractivity contribution in [3.05, 3.63) is 30.6 Å². The summed E-state index contributed by atoms with van der Waals surface area (Å²) in [7, 11) is 1.96. The van der Waals surface area contributed by atoms with Gasteiger partial charge in [-0.2, -0.15) is 10.1 Å². The molecule has 0 aliphatic carbocycles. The van der Waals surface area contributed by atoms with E-state index in [0.717, 1.165) is 24.2 Å². The van der Waals surface area contributed by atoms with Gasteiger partial charge in [0.25, 0.3) is 0 Å². The Morgan fingerprint density at radius 1 is 1.26 bits per heavy atom. The van der Waals surface area contributed by atoms with Crippen LogP contribution in [0.15, 0.2) is 24.8 Å². The third-order valence-corrected chi connectivity index (χ3v) is 5.22. The lowest BCUT2D eigenvalue weighted by Crippen LogP contribution is -2.48. The van der Waals surface area contributed by atoms with E-state index in [1.807, 2.05) is 31.7 Å². The average molecular weight is 369 g/mol. The first-order chi connectivity index (χ1) is 13.0. The molecule has 4 rings (SSSR count). The molecule has 2 aromatic heterocycles. The Labute approximate surface area is 157 Å². The van der Waals surface area contributed by atoms with Crippen LogP contribution in [0.4, 0.5) is 5.95 Å². The summed E-state index contributed by atoms with van der Waals surface area (Å²) < 4.78 is 3.56. The highest BCUT2D eigenvalue weighted by Gasteiger charge is 2.42. The lowest BCUT2D eigenvalue weighted by molar-refractivity contribution is -0.144. The van der Waals surface area contributed by atoms with E-state index >= 15 is 0 Å². The quantitative estimate of drug-likeness (QED) is 0.824. The second-order valence-electron chi connectivity index (χ2n) is 7.34. The predicted molar refractivity (Wildman–Crippen MR) is 98.5 cm³/mol. The molecule has 0 radical (unpaired) electrons. The topological polar surface area (TPSA) is 97.9 Å². The van der Waals surface area contributed by atoms with Gasteiger partial charge in [0.2, 0.25) is 5.95 Å². The largest absolute Gasteiger partial charge is 0.334 e. The van der Waals surface area contributed by atoms with Gasteiger partial charge in [0, 0.05) is 25.5 Å². The molecule has 2 atom stereocenters. The molecule has 9 heteroatoms. The highest BCUT2D eigenvalue weighted by molar-refractivity contribution is 6.39. The second-order valence-corrected chi connectivity index (χ2v) is 7.34. The third-order valence-electron chi connectivity index (χ3n) is 5.22. The average Bonchev–Trinajstić information content (AvgIpc) is 3.32. The van der Waals surface area contributed by atoms with Crippen molar-refractivity contribution in [1.29, 1.82) is 0 Å². The maximum Gasteiger partial charge on any atom is 0.316 e. The standard InChI is InChI=1S/C18H23N7O2/c1-11(2)25-18(20-10-21-25)22-16(26)17(27)24-13-4-5-14(24)9-12(8-13)15-19-6-7-23(15)3/h6-8,10-11,13-14H,4-5,9H2,1-3H3,(H,20,21,22,26). The maximum atomic E-state index is 12.8. The highest BCUT2D eigenvalue weighted by atomic mass is 16.2. The smallest absolute Gasteiger partial charge is 0.316 e. The number of carbonyl (C=O) groups excluding carboxylic acids is 2. The number of imidazole rings is 1. The number of hydrogen-bond acceptors (Lipinski definition) is 5. The van der Waals surface area contributed by atoms with Crippen LogP contribution >= 0.6 is 0 Å². The molecule has 2 amide bonds. The number of fused-ring (bicyclic) bond motifs is 2. The molecule has 1 N–H and O–H groups in total. The van der Waals surface area contributed by atoms with E-state index in [4.69, 9.17) is 0 Å². The first kappa shape index (κ1) is 17.4. The lowest BCUT2D eigenvalue weighted by Gasteiger charge is -2.33. The van der Waals surface area contributed by atoms with E-state index in [2.05, 4.69) is 26.5 Å². The van der Waals surface area contributed by atoms with Gasteiger partial charge in [-0.3, -0.25) is 14.9 Å². The number of rotatable bonds is 3. The first-order valence-corrected chi connectivity index (χ1v) is 9.17. The Hall–Kier alpha value is -2.97. The van der Waals surface area contributed by atoms with Crippen LogP contribution in [-0.4, -0.2) is 53.1 Å². The maximum absolute atomic E-state index is 12.8. The number of nitrogens with one attached hydrogen (secondary N) is 1. The summed E-state index contributed by atoms with van der Waals surface area (Å²) in [5.41, 5.74) is 1.14. The number of aromatic nitrogens is 5. The van der Waals surface area contributed by atoms with Crippen LogP contribution in [0.3, 0.4) is 0 Å². The normalized spacial score (nSPS) is 21.5. The van der Waals surface area contributed by atoms with Crippen LogP contribution in [0.25, 0.3) is 5.57 Å². The van der Waals surface area contributed by atoms with E-state index in [9.17, 15) is 9.59 Å². The van der Waals surface area contributed by atoms with Gasteiger partial charge in [0.05, 0.1) is 12.1 Å². The molecule has 1 fully saturated rings. The molecule has 2 unspecified atom stereocenters. The van der Waals surface area contributed by atoms with Crippen molar-refractivity contribution in [2.75, 3.05) is 5.32 Å². The summed E-state index contributed by atoms with van der Waals surface area (Å²) in [6.07, 6.45) is 9.58.